The van der Waals surface area contributed by atoms with E-state index in [9.17, 15) is 14.7 Å². The first-order chi connectivity index (χ1) is 6.60. The maximum Gasteiger partial charge on any atom is 0.305 e. The molecule has 0 saturated carbocycles. The summed E-state index contributed by atoms with van der Waals surface area (Å²) in [7, 11) is 1.30. The standard InChI is InChI=1S/C9H16O4S/c1-3-14-9(12)6-7(10)4-5-8(11)13-2/h7,10H,3-6H2,1-2H3. The molecule has 0 rings (SSSR count). The summed E-state index contributed by atoms with van der Waals surface area (Å²) >= 11 is 1.18. The number of hydrogen-bond acceptors (Lipinski definition) is 5. The van der Waals surface area contributed by atoms with Crippen LogP contribution in [0.25, 0.3) is 0 Å². The highest BCUT2D eigenvalue weighted by Crippen LogP contribution is 2.10. The topological polar surface area (TPSA) is 63.6 Å². The van der Waals surface area contributed by atoms with Gasteiger partial charge < -0.3 is 9.84 Å². The van der Waals surface area contributed by atoms with Crippen LogP contribution in [0.3, 0.4) is 0 Å². The lowest BCUT2D eigenvalue weighted by atomic mass is 10.1. The number of aliphatic hydroxyl groups is 1. The van der Waals surface area contributed by atoms with Gasteiger partial charge in [0.15, 0.2) is 5.12 Å². The third kappa shape index (κ3) is 6.91. The maximum atomic E-state index is 11.1. The molecule has 1 N–H and O–H groups in total. The SMILES string of the molecule is CCSC(=O)CC(O)CCC(=O)OC. The van der Waals surface area contributed by atoms with Crippen molar-refractivity contribution in [3.05, 3.63) is 0 Å². The Kier molecular flexibility index (Phi) is 7.51. The molecular weight excluding hydrogens is 204 g/mol. The molecule has 1 unspecified atom stereocenters. The van der Waals surface area contributed by atoms with Gasteiger partial charge in [-0.15, -0.1) is 0 Å². The zero-order chi connectivity index (χ0) is 11.0. The number of carbonyl (C=O) groups is 2. The zero-order valence-corrected chi connectivity index (χ0v) is 9.30. The van der Waals surface area contributed by atoms with E-state index in [-0.39, 0.29) is 30.3 Å². The van der Waals surface area contributed by atoms with Crippen LogP contribution in [0, 0.1) is 0 Å². The number of aliphatic hydroxyl groups excluding tert-OH is 1. The largest absolute Gasteiger partial charge is 0.469 e. The quantitative estimate of drug-likeness (QED) is 0.676. The van der Waals surface area contributed by atoms with Crippen LogP contribution in [0.2, 0.25) is 0 Å². The van der Waals surface area contributed by atoms with Gasteiger partial charge in [-0.3, -0.25) is 9.59 Å². The minimum atomic E-state index is -0.736. The summed E-state index contributed by atoms with van der Waals surface area (Å²) in [6.45, 7) is 1.88. The van der Waals surface area contributed by atoms with Gasteiger partial charge in [0.1, 0.15) is 0 Å². The first kappa shape index (κ1) is 13.4. The molecule has 0 heterocycles. The van der Waals surface area contributed by atoms with Crippen LogP contribution in [0.15, 0.2) is 0 Å². The molecule has 0 aromatic heterocycles. The molecule has 14 heavy (non-hydrogen) atoms. The Balaban J connectivity index is 3.59. The molecule has 0 aromatic carbocycles. The van der Waals surface area contributed by atoms with Crippen molar-refractivity contribution in [2.75, 3.05) is 12.9 Å². The minimum Gasteiger partial charge on any atom is -0.469 e. The fraction of sp³-hybridized carbons (Fsp3) is 0.778. The fourth-order valence-electron chi connectivity index (χ4n) is 0.901. The van der Waals surface area contributed by atoms with E-state index in [0.29, 0.717) is 5.75 Å². The van der Waals surface area contributed by atoms with Crippen molar-refractivity contribution in [2.45, 2.75) is 32.3 Å². The Bertz CT molecular complexity index is 193. The summed E-state index contributed by atoms with van der Waals surface area (Å²) in [6, 6.07) is 0. The Morgan fingerprint density at radius 1 is 1.50 bits per heavy atom. The molecule has 1 atom stereocenters. The van der Waals surface area contributed by atoms with Crippen molar-refractivity contribution in [3.63, 3.8) is 0 Å². The summed E-state index contributed by atoms with van der Waals surface area (Å²) in [5.41, 5.74) is 0. The number of carbonyl (C=O) groups excluding carboxylic acids is 2. The molecule has 0 bridgehead atoms. The van der Waals surface area contributed by atoms with E-state index in [0.717, 1.165) is 0 Å². The first-order valence-electron chi connectivity index (χ1n) is 4.50. The lowest BCUT2D eigenvalue weighted by Crippen LogP contribution is -2.14. The van der Waals surface area contributed by atoms with Gasteiger partial charge in [0.2, 0.25) is 0 Å². The van der Waals surface area contributed by atoms with Crippen molar-refractivity contribution >= 4 is 22.8 Å². The molecule has 4 nitrogen and oxygen atoms in total. The minimum absolute atomic E-state index is 0.0372. The molecule has 82 valence electrons. The molecule has 0 saturated heterocycles. The number of methoxy groups -OCH3 is 1. The van der Waals surface area contributed by atoms with Gasteiger partial charge in [-0.05, 0) is 12.2 Å². The second-order valence-electron chi connectivity index (χ2n) is 2.78. The molecule has 0 aliphatic carbocycles. The Labute approximate surface area is 88.0 Å². The van der Waals surface area contributed by atoms with Gasteiger partial charge in [0.25, 0.3) is 0 Å². The van der Waals surface area contributed by atoms with Crippen molar-refractivity contribution < 1.29 is 19.4 Å². The number of ether oxygens (including phenoxy) is 1. The normalized spacial score (nSPS) is 12.2. The molecule has 0 aliphatic rings. The van der Waals surface area contributed by atoms with Crippen LogP contribution >= 0.6 is 11.8 Å². The Morgan fingerprint density at radius 2 is 2.14 bits per heavy atom. The van der Waals surface area contributed by atoms with E-state index in [1.165, 1.54) is 18.9 Å². The molecule has 0 amide bonds. The van der Waals surface area contributed by atoms with Crippen LogP contribution in [0.5, 0.6) is 0 Å². The molecular formula is C9H16O4S. The average Bonchev–Trinajstić information content (AvgIpc) is 2.14. The predicted octanol–water partition coefficient (Wildman–Crippen LogP) is 0.970. The molecule has 0 aromatic rings. The highest BCUT2D eigenvalue weighted by Gasteiger charge is 2.12. The third-order valence-electron chi connectivity index (χ3n) is 1.62. The van der Waals surface area contributed by atoms with Crippen LogP contribution in [0.4, 0.5) is 0 Å². The Morgan fingerprint density at radius 3 is 2.64 bits per heavy atom. The van der Waals surface area contributed by atoms with Gasteiger partial charge in [-0.1, -0.05) is 18.7 Å². The number of esters is 1. The van der Waals surface area contributed by atoms with E-state index < -0.39 is 6.10 Å². The van der Waals surface area contributed by atoms with E-state index in [1.807, 2.05) is 6.92 Å². The van der Waals surface area contributed by atoms with Gasteiger partial charge in [0.05, 0.1) is 13.2 Å². The van der Waals surface area contributed by atoms with Gasteiger partial charge in [0, 0.05) is 12.8 Å². The zero-order valence-electron chi connectivity index (χ0n) is 8.49. The highest BCUT2D eigenvalue weighted by atomic mass is 32.2. The lowest BCUT2D eigenvalue weighted by molar-refractivity contribution is -0.141. The van der Waals surface area contributed by atoms with Crippen molar-refractivity contribution in [1.82, 2.24) is 0 Å². The lowest BCUT2D eigenvalue weighted by Gasteiger charge is -2.07. The summed E-state index contributed by atoms with van der Waals surface area (Å²) in [5, 5.41) is 9.31. The van der Waals surface area contributed by atoms with Crippen LogP contribution in [-0.2, 0) is 14.3 Å². The van der Waals surface area contributed by atoms with Crippen LogP contribution in [0.1, 0.15) is 26.2 Å². The Hall–Kier alpha value is -0.550. The van der Waals surface area contributed by atoms with Crippen molar-refractivity contribution in [1.29, 1.82) is 0 Å². The molecule has 0 fully saturated rings. The number of rotatable bonds is 6. The summed E-state index contributed by atoms with van der Waals surface area (Å²) in [6.07, 6.45) is -0.194. The van der Waals surface area contributed by atoms with E-state index in [2.05, 4.69) is 4.74 Å². The van der Waals surface area contributed by atoms with Crippen LogP contribution in [-0.4, -0.2) is 35.2 Å². The first-order valence-corrected chi connectivity index (χ1v) is 5.49. The average molecular weight is 220 g/mol. The maximum absolute atomic E-state index is 11.1. The van der Waals surface area contributed by atoms with E-state index >= 15 is 0 Å². The smallest absolute Gasteiger partial charge is 0.305 e. The van der Waals surface area contributed by atoms with Crippen molar-refractivity contribution in [2.24, 2.45) is 0 Å². The van der Waals surface area contributed by atoms with Gasteiger partial charge >= 0.3 is 5.97 Å². The van der Waals surface area contributed by atoms with Gasteiger partial charge in [-0.25, -0.2) is 0 Å². The summed E-state index contributed by atoms with van der Waals surface area (Å²) in [5.74, 6) is 0.349. The number of thioether (sulfide) groups is 1. The summed E-state index contributed by atoms with van der Waals surface area (Å²) < 4.78 is 4.41. The van der Waals surface area contributed by atoms with E-state index in [4.69, 9.17) is 0 Å². The predicted molar refractivity (Wildman–Crippen MR) is 55.0 cm³/mol. The van der Waals surface area contributed by atoms with Crippen LogP contribution < -0.4 is 0 Å². The van der Waals surface area contributed by atoms with Gasteiger partial charge in [-0.2, -0.15) is 0 Å². The molecule has 0 spiro atoms. The monoisotopic (exact) mass is 220 g/mol. The molecule has 5 heteroatoms. The third-order valence-corrected chi connectivity index (χ3v) is 2.39. The summed E-state index contributed by atoms with van der Waals surface area (Å²) in [4.78, 5) is 21.8. The highest BCUT2D eigenvalue weighted by molar-refractivity contribution is 8.13. The van der Waals surface area contributed by atoms with Crippen molar-refractivity contribution in [3.8, 4) is 0 Å². The molecule has 0 aliphatic heterocycles. The fourth-order valence-corrected chi connectivity index (χ4v) is 1.53. The second-order valence-corrected chi connectivity index (χ2v) is 4.10. The molecule has 0 radical (unpaired) electrons. The number of hydrogen-bond donors (Lipinski definition) is 1. The van der Waals surface area contributed by atoms with E-state index in [1.54, 1.807) is 0 Å². The second kappa shape index (κ2) is 7.82.